The number of alkyl halides is 3. The van der Waals surface area contributed by atoms with E-state index in [0.717, 1.165) is 4.90 Å². The van der Waals surface area contributed by atoms with Crippen LogP contribution in [0.2, 0.25) is 0 Å². The minimum Gasteiger partial charge on any atom is -0.309 e. The molecule has 106 valence electrons. The van der Waals surface area contributed by atoms with Gasteiger partial charge in [0.05, 0.1) is 18.8 Å². The van der Waals surface area contributed by atoms with Crippen LogP contribution in [0.5, 0.6) is 0 Å². The van der Waals surface area contributed by atoms with Gasteiger partial charge in [-0.2, -0.15) is 13.2 Å². The first-order valence-electron chi connectivity index (χ1n) is 5.67. The molecule has 0 aliphatic heterocycles. The first-order chi connectivity index (χ1) is 8.85. The van der Waals surface area contributed by atoms with Gasteiger partial charge in [0.1, 0.15) is 5.82 Å². The Morgan fingerprint density at radius 2 is 1.95 bits per heavy atom. The van der Waals surface area contributed by atoms with E-state index < -0.39 is 31.0 Å². The quantitative estimate of drug-likeness (QED) is 0.838. The molecule has 1 N–H and O–H groups in total. The number of nitrogens with zero attached hydrogens (tertiary/aromatic N) is 1. The highest BCUT2D eigenvalue weighted by molar-refractivity contribution is 5.94. The number of para-hydroxylation sites is 1. The minimum atomic E-state index is -4.38. The zero-order valence-corrected chi connectivity index (χ0v) is 10.3. The fraction of sp³-hybridized carbons (Fsp3) is 0.417. The second kappa shape index (κ2) is 6.51. The summed E-state index contributed by atoms with van der Waals surface area (Å²) in [5.74, 6) is -1.20. The molecule has 0 aliphatic carbocycles. The molecule has 7 heteroatoms. The van der Waals surface area contributed by atoms with Crippen LogP contribution in [0.15, 0.2) is 24.3 Å². The molecule has 0 aliphatic rings. The Kier molecular flexibility index (Phi) is 5.29. The van der Waals surface area contributed by atoms with Crippen LogP contribution in [0.4, 0.5) is 23.2 Å². The first kappa shape index (κ1) is 15.4. The third-order valence-corrected chi connectivity index (χ3v) is 2.36. The van der Waals surface area contributed by atoms with E-state index in [1.54, 1.807) is 13.0 Å². The summed E-state index contributed by atoms with van der Waals surface area (Å²) in [5, 5.41) is 1.99. The van der Waals surface area contributed by atoms with E-state index in [9.17, 15) is 22.4 Å². The predicted molar refractivity (Wildman–Crippen MR) is 63.4 cm³/mol. The smallest absolute Gasteiger partial charge is 0.309 e. The van der Waals surface area contributed by atoms with Gasteiger partial charge in [-0.1, -0.05) is 12.1 Å². The van der Waals surface area contributed by atoms with Crippen LogP contribution in [0.1, 0.15) is 6.92 Å². The Morgan fingerprint density at radius 1 is 1.32 bits per heavy atom. The number of nitrogens with one attached hydrogen (secondary N) is 1. The number of amides is 1. The molecule has 0 bridgehead atoms. The summed E-state index contributed by atoms with van der Waals surface area (Å²) in [4.78, 5) is 12.8. The number of halogens is 4. The molecule has 0 unspecified atom stereocenters. The van der Waals surface area contributed by atoms with Crippen LogP contribution in [-0.4, -0.2) is 31.7 Å². The summed E-state index contributed by atoms with van der Waals surface area (Å²) in [6.45, 7) is 0.0385. The lowest BCUT2D eigenvalue weighted by atomic mass is 10.2. The molecule has 1 amide bonds. The molecule has 0 saturated carbocycles. The number of carbonyl (C=O) groups excluding carboxylic acids is 1. The van der Waals surface area contributed by atoms with Gasteiger partial charge in [0, 0.05) is 6.54 Å². The average Bonchev–Trinajstić information content (AvgIpc) is 2.31. The van der Waals surface area contributed by atoms with Gasteiger partial charge in [-0.25, -0.2) is 4.39 Å². The highest BCUT2D eigenvalue weighted by Gasteiger charge is 2.27. The van der Waals surface area contributed by atoms with Crippen LogP contribution in [-0.2, 0) is 4.79 Å². The van der Waals surface area contributed by atoms with Gasteiger partial charge in [-0.05, 0) is 19.1 Å². The van der Waals surface area contributed by atoms with E-state index in [1.165, 1.54) is 18.2 Å². The van der Waals surface area contributed by atoms with Gasteiger partial charge in [-0.3, -0.25) is 4.79 Å². The molecule has 1 aromatic carbocycles. The Labute approximate surface area is 108 Å². The third-order valence-electron chi connectivity index (χ3n) is 2.36. The number of anilines is 1. The third kappa shape index (κ3) is 4.86. The van der Waals surface area contributed by atoms with Gasteiger partial charge in [0.25, 0.3) is 0 Å². The highest BCUT2D eigenvalue weighted by Crippen LogP contribution is 2.18. The zero-order chi connectivity index (χ0) is 14.5. The summed E-state index contributed by atoms with van der Waals surface area (Å²) >= 11 is 0. The van der Waals surface area contributed by atoms with Gasteiger partial charge >= 0.3 is 6.18 Å². The molecule has 0 fully saturated rings. The average molecular weight is 278 g/mol. The zero-order valence-electron chi connectivity index (χ0n) is 10.3. The molecule has 0 radical (unpaired) electrons. The summed E-state index contributed by atoms with van der Waals surface area (Å²) in [5.41, 5.74) is 0.0591. The van der Waals surface area contributed by atoms with Crippen molar-refractivity contribution in [2.24, 2.45) is 0 Å². The van der Waals surface area contributed by atoms with Crippen LogP contribution in [0, 0.1) is 5.82 Å². The van der Waals surface area contributed by atoms with Gasteiger partial charge < -0.3 is 10.2 Å². The van der Waals surface area contributed by atoms with Crippen molar-refractivity contribution in [3.8, 4) is 0 Å². The van der Waals surface area contributed by atoms with Crippen LogP contribution >= 0.6 is 0 Å². The highest BCUT2D eigenvalue weighted by atomic mass is 19.4. The molecule has 19 heavy (non-hydrogen) atoms. The normalized spacial score (nSPS) is 11.4. The molecule has 1 aromatic rings. The van der Waals surface area contributed by atoms with E-state index in [0.29, 0.717) is 0 Å². The second-order valence-corrected chi connectivity index (χ2v) is 3.81. The molecule has 1 rings (SSSR count). The summed E-state index contributed by atoms with van der Waals surface area (Å²) in [6, 6.07) is 5.62. The molecule has 3 nitrogen and oxygen atoms in total. The molecule has 0 atom stereocenters. The van der Waals surface area contributed by atoms with Crippen molar-refractivity contribution < 1.29 is 22.4 Å². The summed E-state index contributed by atoms with van der Waals surface area (Å²) in [7, 11) is 0. The van der Waals surface area contributed by atoms with Crippen molar-refractivity contribution in [2.75, 3.05) is 24.5 Å². The lowest BCUT2D eigenvalue weighted by Gasteiger charge is -2.22. The Balaban J connectivity index is 2.65. The number of hydrogen-bond donors (Lipinski definition) is 1. The van der Waals surface area contributed by atoms with Crippen molar-refractivity contribution in [1.82, 2.24) is 5.32 Å². The van der Waals surface area contributed by atoms with Gasteiger partial charge in [-0.15, -0.1) is 0 Å². The van der Waals surface area contributed by atoms with E-state index in [4.69, 9.17) is 0 Å². The molecule has 0 aromatic heterocycles. The van der Waals surface area contributed by atoms with Crippen LogP contribution < -0.4 is 10.2 Å². The van der Waals surface area contributed by atoms with Crippen molar-refractivity contribution >= 4 is 11.6 Å². The minimum absolute atomic E-state index is 0.0591. The largest absolute Gasteiger partial charge is 0.401 e. The monoisotopic (exact) mass is 278 g/mol. The van der Waals surface area contributed by atoms with Crippen molar-refractivity contribution in [3.05, 3.63) is 30.1 Å². The van der Waals surface area contributed by atoms with E-state index in [1.807, 2.05) is 5.32 Å². The van der Waals surface area contributed by atoms with E-state index in [2.05, 4.69) is 0 Å². The first-order valence-corrected chi connectivity index (χ1v) is 5.67. The molecular weight excluding hydrogens is 264 g/mol. The number of rotatable bonds is 5. The molecule has 0 heterocycles. The molecule has 0 spiro atoms. The van der Waals surface area contributed by atoms with Crippen molar-refractivity contribution in [1.29, 1.82) is 0 Å². The fourth-order valence-electron chi connectivity index (χ4n) is 1.56. The van der Waals surface area contributed by atoms with Gasteiger partial charge in [0.15, 0.2) is 0 Å². The van der Waals surface area contributed by atoms with Crippen LogP contribution in [0.25, 0.3) is 0 Å². The van der Waals surface area contributed by atoms with Gasteiger partial charge in [0.2, 0.25) is 5.91 Å². The van der Waals surface area contributed by atoms with E-state index >= 15 is 0 Å². The summed E-state index contributed by atoms with van der Waals surface area (Å²) < 4.78 is 49.3. The summed E-state index contributed by atoms with van der Waals surface area (Å²) in [6.07, 6.45) is -4.38. The number of likely N-dealkylation sites (N-methyl/N-ethyl adjacent to an activating group) is 1. The fourth-order valence-corrected chi connectivity index (χ4v) is 1.56. The number of carbonyl (C=O) groups is 1. The second-order valence-electron chi connectivity index (χ2n) is 3.81. The maximum absolute atomic E-state index is 13.5. The number of benzene rings is 1. The van der Waals surface area contributed by atoms with Crippen molar-refractivity contribution in [2.45, 2.75) is 13.1 Å². The standard InChI is InChI=1S/C12H14F4N2O/c1-2-18(10-6-4-3-5-9(10)13)11(19)7-17-8-12(14,15)16/h3-6,17H,2,7-8H2,1H3. The molecular formula is C12H14F4N2O. The topological polar surface area (TPSA) is 32.3 Å². The maximum Gasteiger partial charge on any atom is 0.401 e. The Bertz CT molecular complexity index is 434. The lowest BCUT2D eigenvalue weighted by molar-refractivity contribution is -0.127. The predicted octanol–water partition coefficient (Wildman–Crippen LogP) is 2.33. The molecule has 0 saturated heterocycles. The lowest BCUT2D eigenvalue weighted by Crippen LogP contribution is -2.41. The SMILES string of the molecule is CCN(C(=O)CNCC(F)(F)F)c1ccccc1F. The number of hydrogen-bond acceptors (Lipinski definition) is 2. The maximum atomic E-state index is 13.5. The van der Waals surface area contributed by atoms with E-state index in [-0.39, 0.29) is 12.2 Å². The Morgan fingerprint density at radius 3 is 2.47 bits per heavy atom. The van der Waals surface area contributed by atoms with Crippen molar-refractivity contribution in [3.63, 3.8) is 0 Å². The van der Waals surface area contributed by atoms with Crippen LogP contribution in [0.3, 0.4) is 0 Å². The Hall–Kier alpha value is -1.63.